The van der Waals surface area contributed by atoms with Gasteiger partial charge in [0.15, 0.2) is 0 Å². The Balaban J connectivity index is 2.39. The van der Waals surface area contributed by atoms with E-state index in [1.165, 1.54) is 5.70 Å². The Hall–Kier alpha value is -1.07. The predicted molar refractivity (Wildman–Crippen MR) is 74.3 cm³/mol. The molecule has 0 bridgehead atoms. The third-order valence-electron chi connectivity index (χ3n) is 2.71. The van der Waals surface area contributed by atoms with E-state index < -0.39 is 0 Å². The van der Waals surface area contributed by atoms with Crippen LogP contribution in [0.4, 0.5) is 0 Å². The summed E-state index contributed by atoms with van der Waals surface area (Å²) in [5, 5.41) is 0.0565. The molecule has 2 rings (SSSR count). The third kappa shape index (κ3) is 2.74. The standard InChI is InChI=1S/C14H18NP/c1-12-5-7-14(2,16)8-6-13(11-12)15-9-3-4-10-15/h3-12H,16H2,1-2H3/b7-5-,8-6-,13-11+. The van der Waals surface area contributed by atoms with Crippen molar-refractivity contribution in [1.82, 2.24) is 4.57 Å². The van der Waals surface area contributed by atoms with Crippen molar-refractivity contribution in [3.8, 4) is 0 Å². The lowest BCUT2D eigenvalue weighted by Crippen LogP contribution is -2.09. The predicted octanol–water partition coefficient (Wildman–Crippen LogP) is 3.72. The molecule has 1 nitrogen and oxygen atoms in total. The Morgan fingerprint density at radius 3 is 2.62 bits per heavy atom. The van der Waals surface area contributed by atoms with Crippen LogP contribution in [0.1, 0.15) is 13.8 Å². The molecule has 16 heavy (non-hydrogen) atoms. The van der Waals surface area contributed by atoms with Gasteiger partial charge in [0.1, 0.15) is 0 Å². The maximum Gasteiger partial charge on any atom is 0.0412 e. The van der Waals surface area contributed by atoms with Gasteiger partial charge in [0.05, 0.1) is 0 Å². The van der Waals surface area contributed by atoms with Gasteiger partial charge in [0.25, 0.3) is 0 Å². The van der Waals surface area contributed by atoms with Crippen LogP contribution in [0.5, 0.6) is 0 Å². The van der Waals surface area contributed by atoms with Gasteiger partial charge in [-0.1, -0.05) is 31.2 Å². The lowest BCUT2D eigenvalue weighted by atomic mass is 10.0. The van der Waals surface area contributed by atoms with E-state index in [2.05, 4.69) is 70.4 Å². The van der Waals surface area contributed by atoms with Crippen molar-refractivity contribution >= 4 is 14.9 Å². The van der Waals surface area contributed by atoms with Crippen molar-refractivity contribution in [3.05, 3.63) is 54.9 Å². The fourth-order valence-corrected chi connectivity index (χ4v) is 1.95. The maximum absolute atomic E-state index is 2.88. The van der Waals surface area contributed by atoms with Gasteiger partial charge in [-0.2, -0.15) is 0 Å². The molecule has 0 amide bonds. The molecule has 1 aromatic heterocycles. The van der Waals surface area contributed by atoms with Crippen molar-refractivity contribution in [3.63, 3.8) is 0 Å². The second kappa shape index (κ2) is 4.43. The van der Waals surface area contributed by atoms with Gasteiger partial charge in [-0.05, 0) is 31.1 Å². The highest BCUT2D eigenvalue weighted by atomic mass is 31.0. The van der Waals surface area contributed by atoms with Gasteiger partial charge in [-0.25, -0.2) is 0 Å². The number of rotatable bonds is 1. The van der Waals surface area contributed by atoms with E-state index >= 15 is 0 Å². The summed E-state index contributed by atoms with van der Waals surface area (Å²) < 4.78 is 2.15. The zero-order valence-electron chi connectivity index (χ0n) is 9.80. The summed E-state index contributed by atoms with van der Waals surface area (Å²) in [5.74, 6) is 0.460. The molecule has 84 valence electrons. The number of allylic oxidation sites excluding steroid dienone is 6. The molecule has 0 spiro atoms. The monoisotopic (exact) mass is 231 g/mol. The van der Waals surface area contributed by atoms with Crippen LogP contribution < -0.4 is 0 Å². The van der Waals surface area contributed by atoms with E-state index in [-0.39, 0.29) is 5.16 Å². The minimum Gasteiger partial charge on any atom is -0.324 e. The molecule has 0 aromatic carbocycles. The highest BCUT2D eigenvalue weighted by Gasteiger charge is 2.12. The van der Waals surface area contributed by atoms with Gasteiger partial charge in [0, 0.05) is 23.2 Å². The molecular formula is C14H18NP. The largest absolute Gasteiger partial charge is 0.324 e. The zero-order valence-corrected chi connectivity index (χ0v) is 11.0. The van der Waals surface area contributed by atoms with Gasteiger partial charge < -0.3 is 4.57 Å². The smallest absolute Gasteiger partial charge is 0.0412 e. The van der Waals surface area contributed by atoms with E-state index in [4.69, 9.17) is 0 Å². The first-order valence-electron chi connectivity index (χ1n) is 5.59. The summed E-state index contributed by atoms with van der Waals surface area (Å²) in [6.45, 7) is 4.40. The molecule has 0 saturated carbocycles. The molecule has 0 aliphatic heterocycles. The maximum atomic E-state index is 2.88. The van der Waals surface area contributed by atoms with Gasteiger partial charge in [0.2, 0.25) is 0 Å². The lowest BCUT2D eigenvalue weighted by Gasteiger charge is -2.19. The summed E-state index contributed by atoms with van der Waals surface area (Å²) in [6.07, 6.45) is 15.3. The molecule has 1 heterocycles. The number of nitrogens with zero attached hydrogens (tertiary/aromatic N) is 1. The first kappa shape index (κ1) is 11.4. The molecule has 1 aromatic rings. The minimum absolute atomic E-state index is 0.0565. The zero-order chi connectivity index (χ0) is 11.6. The van der Waals surface area contributed by atoms with E-state index in [0.717, 1.165) is 0 Å². The van der Waals surface area contributed by atoms with E-state index in [1.807, 2.05) is 12.1 Å². The number of hydrogen-bond acceptors (Lipinski definition) is 0. The summed E-state index contributed by atoms with van der Waals surface area (Å²) in [5.41, 5.74) is 1.23. The van der Waals surface area contributed by atoms with E-state index in [1.54, 1.807) is 0 Å². The molecule has 1 aliphatic rings. The van der Waals surface area contributed by atoms with E-state index in [9.17, 15) is 0 Å². The van der Waals surface area contributed by atoms with Crippen molar-refractivity contribution in [2.45, 2.75) is 19.0 Å². The number of aromatic nitrogens is 1. The molecule has 1 aliphatic carbocycles. The second-order valence-corrected chi connectivity index (χ2v) is 5.84. The second-order valence-electron chi connectivity index (χ2n) is 4.60. The van der Waals surface area contributed by atoms with Crippen LogP contribution in [-0.4, -0.2) is 9.72 Å². The van der Waals surface area contributed by atoms with Crippen molar-refractivity contribution in [1.29, 1.82) is 0 Å². The first-order valence-corrected chi connectivity index (χ1v) is 6.17. The van der Waals surface area contributed by atoms with Crippen LogP contribution in [0.25, 0.3) is 5.70 Å². The molecule has 3 unspecified atom stereocenters. The lowest BCUT2D eigenvalue weighted by molar-refractivity contribution is 0.892. The van der Waals surface area contributed by atoms with Crippen LogP contribution in [0, 0.1) is 5.92 Å². The summed E-state index contributed by atoms with van der Waals surface area (Å²) >= 11 is 0. The van der Waals surface area contributed by atoms with Gasteiger partial charge in [-0.3, -0.25) is 0 Å². The Labute approximate surface area is 99.8 Å². The Morgan fingerprint density at radius 1 is 1.25 bits per heavy atom. The SMILES string of the molecule is CC1/C=C\C(C)(P)/C=C\C(n2cccc2)=C/1. The third-order valence-corrected chi connectivity index (χ3v) is 3.09. The summed E-state index contributed by atoms with van der Waals surface area (Å²) in [4.78, 5) is 0. The van der Waals surface area contributed by atoms with Crippen molar-refractivity contribution in [2.24, 2.45) is 5.92 Å². The Kier molecular flexibility index (Phi) is 3.16. The van der Waals surface area contributed by atoms with Crippen LogP contribution in [0.2, 0.25) is 0 Å². The van der Waals surface area contributed by atoms with Crippen molar-refractivity contribution in [2.75, 3.05) is 0 Å². The van der Waals surface area contributed by atoms with Crippen molar-refractivity contribution < 1.29 is 0 Å². The van der Waals surface area contributed by atoms with Crippen LogP contribution >= 0.6 is 9.24 Å². The van der Waals surface area contributed by atoms with E-state index in [0.29, 0.717) is 5.92 Å². The quantitative estimate of drug-likeness (QED) is 0.512. The topological polar surface area (TPSA) is 4.93 Å². The minimum atomic E-state index is 0.0565. The van der Waals surface area contributed by atoms with Gasteiger partial charge >= 0.3 is 0 Å². The average molecular weight is 231 g/mol. The Bertz CT molecular complexity index is 435. The highest BCUT2D eigenvalue weighted by Crippen LogP contribution is 2.26. The summed E-state index contributed by atoms with van der Waals surface area (Å²) in [7, 11) is 2.88. The average Bonchev–Trinajstić information content (AvgIpc) is 2.73. The normalized spacial score (nSPS) is 36.9. The molecule has 0 N–H and O–H groups in total. The fourth-order valence-electron chi connectivity index (χ4n) is 1.74. The first-order chi connectivity index (χ1) is 7.57. The fraction of sp³-hybridized carbons (Fsp3) is 0.286. The van der Waals surface area contributed by atoms with Crippen LogP contribution in [-0.2, 0) is 0 Å². The molecule has 2 heteroatoms. The molecule has 0 fully saturated rings. The molecule has 0 radical (unpaired) electrons. The van der Waals surface area contributed by atoms with Crippen LogP contribution in [0.15, 0.2) is 54.9 Å². The molecule has 3 atom stereocenters. The molecular weight excluding hydrogens is 213 g/mol. The molecule has 0 saturated heterocycles. The van der Waals surface area contributed by atoms with Gasteiger partial charge in [-0.15, -0.1) is 9.24 Å². The number of hydrogen-bond donors (Lipinski definition) is 0. The highest BCUT2D eigenvalue weighted by molar-refractivity contribution is 7.19. The Morgan fingerprint density at radius 2 is 1.94 bits per heavy atom. The summed E-state index contributed by atoms with van der Waals surface area (Å²) in [6, 6.07) is 4.10. The van der Waals surface area contributed by atoms with Crippen LogP contribution in [0.3, 0.4) is 0 Å².